The second kappa shape index (κ2) is 8.30. The average Bonchev–Trinajstić information content (AvgIpc) is 2.53. The third-order valence-electron chi connectivity index (χ3n) is 3.83. The van der Waals surface area contributed by atoms with Crippen LogP contribution in [0.3, 0.4) is 0 Å². The molecule has 0 fully saturated rings. The summed E-state index contributed by atoms with van der Waals surface area (Å²) in [6.45, 7) is 2.66. The topological polar surface area (TPSA) is 113 Å². The molecule has 2 N–H and O–H groups in total. The molecule has 0 saturated carbocycles. The molecule has 0 aliphatic carbocycles. The quantitative estimate of drug-likeness (QED) is 0.662. The first kappa shape index (κ1) is 20.9. The fourth-order valence-electron chi connectivity index (χ4n) is 2.36. The van der Waals surface area contributed by atoms with Gasteiger partial charge in [-0.2, -0.15) is 4.31 Å². The van der Waals surface area contributed by atoms with Crippen molar-refractivity contribution in [1.82, 2.24) is 9.62 Å². The van der Waals surface area contributed by atoms with Crippen LogP contribution in [-0.2, 0) is 25.2 Å². The van der Waals surface area contributed by atoms with Gasteiger partial charge in [-0.3, -0.25) is 9.59 Å². The van der Waals surface area contributed by atoms with Crippen LogP contribution in [0.15, 0.2) is 24.3 Å². The van der Waals surface area contributed by atoms with Crippen molar-refractivity contribution in [3.05, 3.63) is 29.8 Å². The van der Waals surface area contributed by atoms with Crippen molar-refractivity contribution in [1.29, 1.82) is 0 Å². The number of amides is 1. The van der Waals surface area contributed by atoms with Gasteiger partial charge in [0.1, 0.15) is 5.75 Å². The summed E-state index contributed by atoms with van der Waals surface area (Å²) < 4.78 is 29.6. The Bertz CT molecular complexity index is 734. The van der Waals surface area contributed by atoms with Gasteiger partial charge in [-0.25, -0.2) is 8.42 Å². The van der Waals surface area contributed by atoms with Crippen LogP contribution in [0.4, 0.5) is 0 Å². The van der Waals surface area contributed by atoms with E-state index < -0.39 is 34.0 Å². The monoisotopic (exact) mass is 372 g/mol. The van der Waals surface area contributed by atoms with E-state index in [1.54, 1.807) is 31.2 Å². The molecule has 1 aromatic rings. The molecule has 1 amide bonds. The fraction of sp³-hybridized carbons (Fsp3) is 0.500. The van der Waals surface area contributed by atoms with Gasteiger partial charge in [-0.1, -0.05) is 12.1 Å². The van der Waals surface area contributed by atoms with Crippen LogP contribution in [0.1, 0.15) is 25.8 Å². The Labute approximate surface area is 147 Å². The van der Waals surface area contributed by atoms with Gasteiger partial charge in [0.05, 0.1) is 31.4 Å². The molecule has 25 heavy (non-hydrogen) atoms. The number of aliphatic carboxylic acids is 1. The van der Waals surface area contributed by atoms with Crippen molar-refractivity contribution in [2.45, 2.75) is 25.8 Å². The predicted molar refractivity (Wildman–Crippen MR) is 92.8 cm³/mol. The van der Waals surface area contributed by atoms with Crippen LogP contribution in [0, 0.1) is 0 Å². The number of likely N-dealkylation sites (N-methyl/N-ethyl adjacent to an activating group) is 1. The number of rotatable bonds is 9. The Kier molecular flexibility index (Phi) is 6.95. The van der Waals surface area contributed by atoms with Gasteiger partial charge >= 0.3 is 5.97 Å². The van der Waals surface area contributed by atoms with Gasteiger partial charge in [0.25, 0.3) is 0 Å². The lowest BCUT2D eigenvalue weighted by Crippen LogP contribution is -2.49. The van der Waals surface area contributed by atoms with E-state index in [9.17, 15) is 23.1 Å². The van der Waals surface area contributed by atoms with E-state index in [2.05, 4.69) is 5.32 Å². The molecule has 0 spiro atoms. The Morgan fingerprint density at radius 1 is 1.36 bits per heavy atom. The highest BCUT2D eigenvalue weighted by molar-refractivity contribution is 7.89. The number of carboxylic acid groups (broad SMARTS) is 1. The van der Waals surface area contributed by atoms with E-state index in [1.807, 2.05) is 0 Å². The van der Waals surface area contributed by atoms with Gasteiger partial charge in [-0.05, 0) is 31.5 Å². The lowest BCUT2D eigenvalue weighted by molar-refractivity contribution is -0.139. The second-order valence-electron chi connectivity index (χ2n) is 5.84. The summed E-state index contributed by atoms with van der Waals surface area (Å²) in [6.07, 6.45) is -0.365. The largest absolute Gasteiger partial charge is 0.497 e. The minimum atomic E-state index is -3.51. The molecule has 0 aliphatic rings. The minimum Gasteiger partial charge on any atom is -0.497 e. The summed E-state index contributed by atoms with van der Waals surface area (Å²) >= 11 is 0. The summed E-state index contributed by atoms with van der Waals surface area (Å²) in [7, 11) is -0.724. The number of nitrogens with zero attached hydrogens (tertiary/aromatic N) is 1. The molecule has 0 bridgehead atoms. The summed E-state index contributed by atoms with van der Waals surface area (Å²) in [5.74, 6) is -1.29. The lowest BCUT2D eigenvalue weighted by atomic mass is 9.88. The van der Waals surface area contributed by atoms with E-state index >= 15 is 0 Å². The minimum absolute atomic E-state index is 0.126. The van der Waals surface area contributed by atoms with E-state index in [-0.39, 0.29) is 12.2 Å². The van der Waals surface area contributed by atoms with E-state index in [1.165, 1.54) is 21.1 Å². The Morgan fingerprint density at radius 2 is 2.00 bits per heavy atom. The molecule has 0 aliphatic heterocycles. The summed E-state index contributed by atoms with van der Waals surface area (Å²) in [6, 6.07) is 6.70. The highest BCUT2D eigenvalue weighted by atomic mass is 32.2. The zero-order valence-electron chi connectivity index (χ0n) is 14.8. The Morgan fingerprint density at radius 3 is 2.52 bits per heavy atom. The number of methoxy groups -OCH3 is 1. The highest BCUT2D eigenvalue weighted by Crippen LogP contribution is 2.27. The third-order valence-corrected chi connectivity index (χ3v) is 5.64. The van der Waals surface area contributed by atoms with Crippen LogP contribution < -0.4 is 10.1 Å². The number of nitrogens with one attached hydrogen (secondary N) is 1. The second-order valence-corrected chi connectivity index (χ2v) is 8.20. The first-order valence-corrected chi connectivity index (χ1v) is 9.26. The van der Waals surface area contributed by atoms with E-state index in [0.29, 0.717) is 11.3 Å². The van der Waals surface area contributed by atoms with Crippen LogP contribution in [-0.4, -0.2) is 56.2 Å². The van der Waals surface area contributed by atoms with Crippen molar-refractivity contribution in [3.63, 3.8) is 0 Å². The van der Waals surface area contributed by atoms with Crippen molar-refractivity contribution in [3.8, 4) is 5.75 Å². The molecular formula is C16H24N2O6S. The molecule has 0 aromatic heterocycles. The smallest absolute Gasteiger partial charge is 0.306 e. The number of carbonyl (C=O) groups is 2. The van der Waals surface area contributed by atoms with Gasteiger partial charge < -0.3 is 15.2 Å². The summed E-state index contributed by atoms with van der Waals surface area (Å²) in [5, 5.41) is 11.8. The normalized spacial score (nSPS) is 14.0. The number of benzene rings is 1. The molecule has 0 saturated heterocycles. The first-order valence-electron chi connectivity index (χ1n) is 7.65. The number of ether oxygens (including phenoxy) is 1. The summed E-state index contributed by atoms with van der Waals surface area (Å²) in [5.41, 5.74) is -0.669. The standard InChI is InChI=1S/C16H24N2O6S/c1-5-25(22,23)18(3)11-14(19)17-16(2,10-15(20)21)12-7-6-8-13(9-12)24-4/h6-9H,5,10-11H2,1-4H3,(H,17,19)(H,20,21). The van der Waals surface area contributed by atoms with Gasteiger partial charge in [0, 0.05) is 7.05 Å². The Balaban J connectivity index is 3.06. The first-order chi connectivity index (χ1) is 11.5. The van der Waals surface area contributed by atoms with E-state index in [4.69, 9.17) is 4.74 Å². The molecular weight excluding hydrogens is 348 g/mol. The SMILES string of the molecule is CCS(=O)(=O)N(C)CC(=O)NC(C)(CC(=O)O)c1cccc(OC)c1. The molecule has 1 unspecified atom stereocenters. The lowest BCUT2D eigenvalue weighted by Gasteiger charge is -2.31. The highest BCUT2D eigenvalue weighted by Gasteiger charge is 2.32. The molecule has 9 heteroatoms. The van der Waals surface area contributed by atoms with E-state index in [0.717, 1.165) is 4.31 Å². The van der Waals surface area contributed by atoms with Crippen molar-refractivity contribution in [2.24, 2.45) is 0 Å². The van der Waals surface area contributed by atoms with Gasteiger partial charge in [-0.15, -0.1) is 0 Å². The zero-order valence-corrected chi connectivity index (χ0v) is 15.6. The molecule has 1 aromatic carbocycles. The van der Waals surface area contributed by atoms with Gasteiger partial charge in [0.2, 0.25) is 15.9 Å². The third kappa shape index (κ3) is 5.71. The van der Waals surface area contributed by atoms with Crippen molar-refractivity contribution < 1.29 is 27.9 Å². The summed E-state index contributed by atoms with van der Waals surface area (Å²) in [4.78, 5) is 23.6. The maximum Gasteiger partial charge on any atom is 0.306 e. The number of carboxylic acids is 1. The fourth-order valence-corrected chi connectivity index (χ4v) is 3.11. The molecule has 140 valence electrons. The predicted octanol–water partition coefficient (Wildman–Crippen LogP) is 0.783. The number of hydrogen-bond donors (Lipinski definition) is 2. The van der Waals surface area contributed by atoms with Crippen LogP contribution in [0.2, 0.25) is 0 Å². The number of carbonyl (C=O) groups excluding carboxylic acids is 1. The van der Waals surface area contributed by atoms with Crippen LogP contribution >= 0.6 is 0 Å². The van der Waals surface area contributed by atoms with Gasteiger partial charge in [0.15, 0.2) is 0 Å². The number of hydrogen-bond acceptors (Lipinski definition) is 5. The van der Waals surface area contributed by atoms with Crippen LogP contribution in [0.25, 0.3) is 0 Å². The van der Waals surface area contributed by atoms with Crippen molar-refractivity contribution >= 4 is 21.9 Å². The zero-order chi connectivity index (χ0) is 19.3. The maximum absolute atomic E-state index is 12.3. The molecule has 0 heterocycles. The molecule has 1 atom stereocenters. The average molecular weight is 372 g/mol. The molecule has 8 nitrogen and oxygen atoms in total. The molecule has 1 rings (SSSR count). The van der Waals surface area contributed by atoms with Crippen LogP contribution in [0.5, 0.6) is 5.75 Å². The number of sulfonamides is 1. The van der Waals surface area contributed by atoms with Crippen molar-refractivity contribution in [2.75, 3.05) is 26.5 Å². The Hall–Kier alpha value is -2.13. The maximum atomic E-state index is 12.3. The molecule has 0 radical (unpaired) electrons.